The molecule has 0 amide bonds. The summed E-state index contributed by atoms with van der Waals surface area (Å²) in [5.74, 6) is 0. The molecule has 1 unspecified atom stereocenters. The van der Waals surface area contributed by atoms with Gasteiger partial charge in [0.25, 0.3) is 0 Å². The van der Waals surface area contributed by atoms with Gasteiger partial charge in [0.1, 0.15) is 0 Å². The standard InChI is InChI=1S/C11H21N3OS/c1-5-9(7-15)12-6-10-8(2)13-11(16-10)14(3)4/h9,12,15H,5-7H2,1-4H3. The molecule has 0 spiro atoms. The molecule has 1 aromatic rings. The lowest BCUT2D eigenvalue weighted by atomic mass is 10.2. The molecule has 2 N–H and O–H groups in total. The summed E-state index contributed by atoms with van der Waals surface area (Å²) < 4.78 is 0. The Bertz CT molecular complexity index is 321. The molecule has 0 aliphatic rings. The van der Waals surface area contributed by atoms with Crippen LogP contribution in [0.15, 0.2) is 0 Å². The van der Waals surface area contributed by atoms with E-state index in [1.54, 1.807) is 11.3 Å². The molecule has 16 heavy (non-hydrogen) atoms. The van der Waals surface area contributed by atoms with E-state index in [4.69, 9.17) is 5.11 Å². The molecule has 1 heterocycles. The second-order valence-electron chi connectivity index (χ2n) is 4.07. The third-order valence-corrected chi connectivity index (χ3v) is 3.85. The number of rotatable bonds is 6. The Morgan fingerprint density at radius 2 is 2.19 bits per heavy atom. The molecule has 92 valence electrons. The van der Waals surface area contributed by atoms with Gasteiger partial charge in [-0.2, -0.15) is 0 Å². The minimum Gasteiger partial charge on any atom is -0.395 e. The summed E-state index contributed by atoms with van der Waals surface area (Å²) in [6, 6.07) is 0.185. The van der Waals surface area contributed by atoms with Crippen LogP contribution >= 0.6 is 11.3 Å². The quantitative estimate of drug-likeness (QED) is 0.792. The average Bonchev–Trinajstić information content (AvgIpc) is 2.62. The second kappa shape index (κ2) is 6.18. The highest BCUT2D eigenvalue weighted by atomic mass is 32.1. The first-order valence-electron chi connectivity index (χ1n) is 5.56. The van der Waals surface area contributed by atoms with Crippen molar-refractivity contribution in [2.45, 2.75) is 32.9 Å². The van der Waals surface area contributed by atoms with Gasteiger partial charge in [0.2, 0.25) is 0 Å². The van der Waals surface area contributed by atoms with Crippen molar-refractivity contribution in [2.24, 2.45) is 0 Å². The Hall–Kier alpha value is -0.650. The molecule has 1 aromatic heterocycles. The number of hydrogen-bond acceptors (Lipinski definition) is 5. The molecule has 0 saturated carbocycles. The van der Waals surface area contributed by atoms with Crippen molar-refractivity contribution in [1.82, 2.24) is 10.3 Å². The Morgan fingerprint density at radius 3 is 2.62 bits per heavy atom. The number of aromatic nitrogens is 1. The molecule has 0 fully saturated rings. The van der Waals surface area contributed by atoms with Crippen molar-refractivity contribution in [3.63, 3.8) is 0 Å². The predicted octanol–water partition coefficient (Wildman–Crippen LogP) is 1.38. The SMILES string of the molecule is CCC(CO)NCc1sc(N(C)C)nc1C. The van der Waals surface area contributed by atoms with Gasteiger partial charge in [0.15, 0.2) is 5.13 Å². The van der Waals surface area contributed by atoms with Crippen molar-refractivity contribution < 1.29 is 5.11 Å². The third-order valence-electron chi connectivity index (χ3n) is 2.53. The predicted molar refractivity (Wildman–Crippen MR) is 69.2 cm³/mol. The van der Waals surface area contributed by atoms with E-state index in [1.165, 1.54) is 4.88 Å². The molecule has 4 nitrogen and oxygen atoms in total. The zero-order valence-corrected chi connectivity index (χ0v) is 11.3. The van der Waals surface area contributed by atoms with Gasteiger partial charge in [-0.25, -0.2) is 4.98 Å². The normalized spacial score (nSPS) is 12.8. The molecule has 0 aliphatic carbocycles. The molecule has 0 aromatic carbocycles. The summed E-state index contributed by atoms with van der Waals surface area (Å²) in [4.78, 5) is 7.75. The smallest absolute Gasteiger partial charge is 0.185 e. The molecule has 0 radical (unpaired) electrons. The van der Waals surface area contributed by atoms with Crippen LogP contribution in [0, 0.1) is 6.92 Å². The van der Waals surface area contributed by atoms with Gasteiger partial charge in [-0.15, -0.1) is 11.3 Å². The topological polar surface area (TPSA) is 48.4 Å². The fraction of sp³-hybridized carbons (Fsp3) is 0.727. The van der Waals surface area contributed by atoms with Gasteiger partial charge in [0, 0.05) is 31.6 Å². The van der Waals surface area contributed by atoms with Crippen molar-refractivity contribution in [3.8, 4) is 0 Å². The molecular weight excluding hydrogens is 222 g/mol. The third kappa shape index (κ3) is 3.43. The second-order valence-corrected chi connectivity index (χ2v) is 5.13. The summed E-state index contributed by atoms with van der Waals surface area (Å²) >= 11 is 1.70. The van der Waals surface area contributed by atoms with Crippen molar-refractivity contribution in [2.75, 3.05) is 25.6 Å². The molecule has 0 bridgehead atoms. The van der Waals surface area contributed by atoms with E-state index in [0.29, 0.717) is 0 Å². The summed E-state index contributed by atoms with van der Waals surface area (Å²) in [6.07, 6.45) is 0.939. The van der Waals surface area contributed by atoms with Gasteiger partial charge in [0.05, 0.1) is 12.3 Å². The Kier molecular flexibility index (Phi) is 5.18. The summed E-state index contributed by atoms with van der Waals surface area (Å²) in [5, 5.41) is 13.4. The Labute approximate surface area is 101 Å². The van der Waals surface area contributed by atoms with E-state index < -0.39 is 0 Å². The molecule has 1 rings (SSSR count). The van der Waals surface area contributed by atoms with Gasteiger partial charge in [-0.1, -0.05) is 6.92 Å². The largest absolute Gasteiger partial charge is 0.395 e. The van der Waals surface area contributed by atoms with Crippen LogP contribution in [0.25, 0.3) is 0 Å². The number of aryl methyl sites for hydroxylation is 1. The van der Waals surface area contributed by atoms with Crippen LogP contribution in [0.3, 0.4) is 0 Å². The number of nitrogens with zero attached hydrogens (tertiary/aromatic N) is 2. The Balaban J connectivity index is 2.60. The van der Waals surface area contributed by atoms with Gasteiger partial charge in [-0.05, 0) is 13.3 Å². The van der Waals surface area contributed by atoms with Crippen molar-refractivity contribution in [3.05, 3.63) is 10.6 Å². The van der Waals surface area contributed by atoms with Gasteiger partial charge >= 0.3 is 0 Å². The van der Waals surface area contributed by atoms with Crippen LogP contribution in [0.2, 0.25) is 0 Å². The molecule has 1 atom stereocenters. The maximum atomic E-state index is 9.08. The first-order valence-corrected chi connectivity index (χ1v) is 6.38. The van der Waals surface area contributed by atoms with E-state index in [0.717, 1.165) is 23.8 Å². The minimum atomic E-state index is 0.185. The lowest BCUT2D eigenvalue weighted by Gasteiger charge is -2.12. The molecular formula is C11H21N3OS. The van der Waals surface area contributed by atoms with E-state index in [9.17, 15) is 0 Å². The first kappa shape index (κ1) is 13.4. The molecule has 5 heteroatoms. The first-order chi connectivity index (χ1) is 7.58. The average molecular weight is 243 g/mol. The number of aliphatic hydroxyl groups is 1. The van der Waals surface area contributed by atoms with Crippen molar-refractivity contribution in [1.29, 1.82) is 0 Å². The molecule has 0 aliphatic heterocycles. The zero-order valence-electron chi connectivity index (χ0n) is 10.4. The van der Waals surface area contributed by atoms with Crippen LogP contribution in [0.5, 0.6) is 0 Å². The van der Waals surface area contributed by atoms with Crippen LogP contribution in [-0.2, 0) is 6.54 Å². The van der Waals surface area contributed by atoms with E-state index in [-0.39, 0.29) is 12.6 Å². The highest BCUT2D eigenvalue weighted by Crippen LogP contribution is 2.24. The summed E-state index contributed by atoms with van der Waals surface area (Å²) in [5.41, 5.74) is 1.08. The van der Waals surface area contributed by atoms with E-state index in [1.807, 2.05) is 25.9 Å². The highest BCUT2D eigenvalue weighted by molar-refractivity contribution is 7.15. The van der Waals surface area contributed by atoms with Crippen LogP contribution in [-0.4, -0.2) is 36.8 Å². The van der Waals surface area contributed by atoms with Gasteiger partial charge in [-0.3, -0.25) is 0 Å². The lowest BCUT2D eigenvalue weighted by molar-refractivity contribution is 0.238. The monoisotopic (exact) mass is 243 g/mol. The van der Waals surface area contributed by atoms with Gasteiger partial charge < -0.3 is 15.3 Å². The number of hydrogen-bond donors (Lipinski definition) is 2. The number of aliphatic hydroxyl groups excluding tert-OH is 1. The zero-order chi connectivity index (χ0) is 12.1. The summed E-state index contributed by atoms with van der Waals surface area (Å²) in [6.45, 7) is 5.07. The van der Waals surface area contributed by atoms with E-state index in [2.05, 4.69) is 17.2 Å². The highest BCUT2D eigenvalue weighted by Gasteiger charge is 2.10. The van der Waals surface area contributed by atoms with Crippen molar-refractivity contribution >= 4 is 16.5 Å². The van der Waals surface area contributed by atoms with Crippen LogP contribution in [0.4, 0.5) is 5.13 Å². The number of thiazole rings is 1. The fourth-order valence-electron chi connectivity index (χ4n) is 1.34. The van der Waals surface area contributed by atoms with Crippen LogP contribution < -0.4 is 10.2 Å². The number of nitrogens with one attached hydrogen (secondary N) is 1. The van der Waals surface area contributed by atoms with Crippen LogP contribution in [0.1, 0.15) is 23.9 Å². The molecule has 0 saturated heterocycles. The number of anilines is 1. The summed E-state index contributed by atoms with van der Waals surface area (Å²) in [7, 11) is 4.00. The fourth-order valence-corrected chi connectivity index (χ4v) is 2.28. The lowest BCUT2D eigenvalue weighted by Crippen LogP contribution is -2.31. The maximum Gasteiger partial charge on any atom is 0.185 e. The maximum absolute atomic E-state index is 9.08. The minimum absolute atomic E-state index is 0.185. The van der Waals surface area contributed by atoms with E-state index >= 15 is 0 Å². The Morgan fingerprint density at radius 1 is 1.50 bits per heavy atom.